The summed E-state index contributed by atoms with van der Waals surface area (Å²) in [6.07, 6.45) is 6.21. The molecule has 3 aromatic heterocycles. The maximum atomic E-state index is 9.00. The highest BCUT2D eigenvalue weighted by molar-refractivity contribution is 5.73. The lowest BCUT2D eigenvalue weighted by atomic mass is 10.2. The van der Waals surface area contributed by atoms with E-state index in [0.717, 1.165) is 24.1 Å². The van der Waals surface area contributed by atoms with Gasteiger partial charge in [-0.3, -0.25) is 0 Å². The molecule has 9 heteroatoms. The molecule has 158 valence electrons. The third kappa shape index (κ3) is 4.54. The number of aromatic nitrogens is 5. The number of nitriles is 1. The largest absolute Gasteiger partial charge is 0.420 e. The zero-order valence-electron chi connectivity index (χ0n) is 17.2. The molecule has 1 fully saturated rings. The maximum Gasteiger partial charge on any atom is 0.253 e. The molecule has 32 heavy (non-hydrogen) atoms. The van der Waals surface area contributed by atoms with Crippen LogP contribution >= 0.6 is 0 Å². The Morgan fingerprint density at radius 1 is 1.09 bits per heavy atom. The van der Waals surface area contributed by atoms with Crippen molar-refractivity contribution >= 4 is 17.5 Å². The van der Waals surface area contributed by atoms with Crippen molar-refractivity contribution in [2.45, 2.75) is 25.2 Å². The summed E-state index contributed by atoms with van der Waals surface area (Å²) in [6, 6.07) is 15.5. The van der Waals surface area contributed by atoms with Gasteiger partial charge in [0.1, 0.15) is 23.1 Å². The van der Waals surface area contributed by atoms with Gasteiger partial charge in [0, 0.05) is 30.5 Å². The molecule has 1 saturated carbocycles. The van der Waals surface area contributed by atoms with E-state index in [-0.39, 0.29) is 0 Å². The summed E-state index contributed by atoms with van der Waals surface area (Å²) in [4.78, 5) is 13.1. The molecule has 9 nitrogen and oxygen atoms in total. The number of para-hydroxylation sites is 1. The quantitative estimate of drug-likeness (QED) is 0.430. The van der Waals surface area contributed by atoms with E-state index in [1.807, 2.05) is 36.4 Å². The normalized spacial score (nSPS) is 12.8. The number of hydrogen-bond acceptors (Lipinski definition) is 9. The third-order valence-electron chi connectivity index (χ3n) is 5.06. The molecular formula is C23H20N8O. The molecule has 0 spiro atoms. The minimum atomic E-state index is 0.373. The molecule has 5 rings (SSSR count). The first kappa shape index (κ1) is 19.6. The summed E-state index contributed by atoms with van der Waals surface area (Å²) in [7, 11) is 0. The number of nitrogens with one attached hydrogen (secondary N) is 2. The van der Waals surface area contributed by atoms with Gasteiger partial charge in [-0.15, -0.1) is 10.2 Å². The Morgan fingerprint density at radius 3 is 2.78 bits per heavy atom. The zero-order valence-corrected chi connectivity index (χ0v) is 17.2. The second-order valence-corrected chi connectivity index (χ2v) is 7.50. The van der Waals surface area contributed by atoms with Crippen LogP contribution in [0.1, 0.15) is 35.9 Å². The van der Waals surface area contributed by atoms with E-state index < -0.39 is 0 Å². The van der Waals surface area contributed by atoms with Gasteiger partial charge in [0.2, 0.25) is 11.8 Å². The van der Waals surface area contributed by atoms with Crippen molar-refractivity contribution in [1.82, 2.24) is 25.1 Å². The lowest BCUT2D eigenvalue weighted by Gasteiger charge is -2.11. The van der Waals surface area contributed by atoms with E-state index in [4.69, 9.17) is 9.68 Å². The van der Waals surface area contributed by atoms with Gasteiger partial charge in [-0.25, -0.2) is 9.97 Å². The van der Waals surface area contributed by atoms with E-state index in [0.29, 0.717) is 53.7 Å². The Kier molecular flexibility index (Phi) is 5.41. The molecule has 0 amide bonds. The van der Waals surface area contributed by atoms with Crippen molar-refractivity contribution in [1.29, 1.82) is 5.26 Å². The van der Waals surface area contributed by atoms with E-state index in [1.165, 1.54) is 0 Å². The second-order valence-electron chi connectivity index (χ2n) is 7.50. The molecule has 0 bridgehead atoms. The Labute approximate surface area is 184 Å². The van der Waals surface area contributed by atoms with Crippen molar-refractivity contribution < 1.29 is 4.42 Å². The smallest absolute Gasteiger partial charge is 0.253 e. The van der Waals surface area contributed by atoms with Crippen molar-refractivity contribution in [3.8, 4) is 17.5 Å². The van der Waals surface area contributed by atoms with Gasteiger partial charge in [-0.1, -0.05) is 18.2 Å². The van der Waals surface area contributed by atoms with Crippen molar-refractivity contribution in [3.05, 3.63) is 72.0 Å². The van der Waals surface area contributed by atoms with Crippen LogP contribution in [0.4, 0.5) is 17.5 Å². The summed E-state index contributed by atoms with van der Waals surface area (Å²) >= 11 is 0. The molecule has 3 heterocycles. The summed E-state index contributed by atoms with van der Waals surface area (Å²) < 4.78 is 5.88. The predicted octanol–water partition coefficient (Wildman–Crippen LogP) is 4.07. The van der Waals surface area contributed by atoms with Crippen LogP contribution in [0.2, 0.25) is 0 Å². The first-order valence-electron chi connectivity index (χ1n) is 10.4. The summed E-state index contributed by atoms with van der Waals surface area (Å²) in [5, 5.41) is 23.9. The monoisotopic (exact) mass is 424 g/mol. The molecule has 0 unspecified atom stereocenters. The first-order valence-corrected chi connectivity index (χ1v) is 10.4. The first-order chi connectivity index (χ1) is 15.8. The molecule has 0 saturated heterocycles. The molecule has 1 aliphatic rings. The number of anilines is 3. The molecule has 1 aromatic carbocycles. The fourth-order valence-corrected chi connectivity index (χ4v) is 3.23. The van der Waals surface area contributed by atoms with Gasteiger partial charge < -0.3 is 15.1 Å². The third-order valence-corrected chi connectivity index (χ3v) is 5.06. The molecule has 1 aliphatic carbocycles. The van der Waals surface area contributed by atoms with Gasteiger partial charge in [0.25, 0.3) is 5.89 Å². The molecular weight excluding hydrogens is 404 g/mol. The van der Waals surface area contributed by atoms with Gasteiger partial charge >= 0.3 is 0 Å². The molecule has 0 radical (unpaired) electrons. The highest BCUT2D eigenvalue weighted by atomic mass is 16.4. The van der Waals surface area contributed by atoms with Gasteiger partial charge in [-0.05, 0) is 49.1 Å². The Balaban J connectivity index is 1.36. The standard InChI is InChI=1S/C23H20N8O/c24-13-18-12-15(8-10-25-18)9-11-26-23-27-14-19(22-31-30-21(32-22)16-6-7-16)20(29-23)28-17-4-2-1-3-5-17/h1-5,8,10,12,14,16H,6-7,9,11H2,(H2,26,27,28,29). The molecule has 0 aliphatic heterocycles. The Morgan fingerprint density at radius 2 is 1.97 bits per heavy atom. The lowest BCUT2D eigenvalue weighted by molar-refractivity contribution is 0.508. The van der Waals surface area contributed by atoms with Gasteiger partial charge in [-0.2, -0.15) is 10.2 Å². The average molecular weight is 424 g/mol. The molecule has 2 N–H and O–H groups in total. The van der Waals surface area contributed by atoms with Gasteiger partial charge in [0.15, 0.2) is 0 Å². The highest BCUT2D eigenvalue weighted by Crippen LogP contribution is 2.40. The number of rotatable bonds is 8. The molecule has 4 aromatic rings. The number of benzene rings is 1. The number of hydrogen-bond donors (Lipinski definition) is 2. The maximum absolute atomic E-state index is 9.00. The zero-order chi connectivity index (χ0) is 21.8. The summed E-state index contributed by atoms with van der Waals surface area (Å²) in [6.45, 7) is 0.603. The van der Waals surface area contributed by atoms with Crippen LogP contribution in [0, 0.1) is 11.3 Å². The predicted molar refractivity (Wildman–Crippen MR) is 118 cm³/mol. The minimum absolute atomic E-state index is 0.373. The van der Waals surface area contributed by atoms with E-state index in [1.54, 1.807) is 18.5 Å². The Bertz CT molecular complexity index is 1260. The van der Waals surface area contributed by atoms with Crippen LogP contribution in [0.3, 0.4) is 0 Å². The van der Waals surface area contributed by atoms with Crippen molar-refractivity contribution in [3.63, 3.8) is 0 Å². The molecule has 0 atom stereocenters. The SMILES string of the molecule is N#Cc1cc(CCNc2ncc(-c3nnc(C4CC4)o3)c(Nc3ccccc3)n2)ccn1. The van der Waals surface area contributed by atoms with Crippen molar-refractivity contribution in [2.24, 2.45) is 0 Å². The van der Waals surface area contributed by atoms with Crippen LogP contribution in [0.5, 0.6) is 0 Å². The highest BCUT2D eigenvalue weighted by Gasteiger charge is 2.30. The van der Waals surface area contributed by atoms with Crippen molar-refractivity contribution in [2.75, 3.05) is 17.2 Å². The lowest BCUT2D eigenvalue weighted by Crippen LogP contribution is -2.10. The topological polar surface area (TPSA) is 125 Å². The summed E-state index contributed by atoms with van der Waals surface area (Å²) in [5.74, 6) is 2.50. The van der Waals surface area contributed by atoms with Gasteiger partial charge in [0.05, 0.1) is 0 Å². The van der Waals surface area contributed by atoms with Crippen LogP contribution in [0.25, 0.3) is 11.5 Å². The minimum Gasteiger partial charge on any atom is -0.420 e. The van der Waals surface area contributed by atoms with E-state index in [9.17, 15) is 0 Å². The van der Waals surface area contributed by atoms with Crippen LogP contribution in [0.15, 0.2) is 59.3 Å². The van der Waals surface area contributed by atoms with Crippen LogP contribution in [-0.2, 0) is 6.42 Å². The second kappa shape index (κ2) is 8.81. The fraction of sp³-hybridized carbons (Fsp3) is 0.217. The van der Waals surface area contributed by atoms with E-state index in [2.05, 4.69) is 41.9 Å². The fourth-order valence-electron chi connectivity index (χ4n) is 3.23. The number of nitrogens with zero attached hydrogens (tertiary/aromatic N) is 6. The van der Waals surface area contributed by atoms with E-state index >= 15 is 0 Å². The van der Waals surface area contributed by atoms with Crippen LogP contribution in [-0.4, -0.2) is 31.7 Å². The van der Waals surface area contributed by atoms with Crippen LogP contribution < -0.4 is 10.6 Å². The summed E-state index contributed by atoms with van der Waals surface area (Å²) in [5.41, 5.74) is 2.96. The number of pyridine rings is 1. The Hall–Kier alpha value is -4.32. The average Bonchev–Trinajstić information content (AvgIpc) is 3.57.